The standard InChI is InChI=1S/C25H30N2O3/c1-4-14-26-15-16-27(24(28)5-2)18-22(25(26)29)17-19-6-8-20(9-7-19)21-10-12-23(30-3)13-11-21/h4,6-13,22H,1,5,14-18H2,2-3H3/t22-/m0/s1. The summed E-state index contributed by atoms with van der Waals surface area (Å²) in [4.78, 5) is 29.0. The van der Waals surface area contributed by atoms with E-state index in [0.29, 0.717) is 39.0 Å². The number of benzene rings is 2. The molecule has 0 radical (unpaired) electrons. The van der Waals surface area contributed by atoms with Crippen LogP contribution in [0.15, 0.2) is 61.2 Å². The Bertz CT molecular complexity index is 874. The predicted octanol–water partition coefficient (Wildman–Crippen LogP) is 3.79. The van der Waals surface area contributed by atoms with Crippen molar-refractivity contribution < 1.29 is 14.3 Å². The number of hydrogen-bond donors (Lipinski definition) is 0. The van der Waals surface area contributed by atoms with Gasteiger partial charge in [0.15, 0.2) is 0 Å². The lowest BCUT2D eigenvalue weighted by Gasteiger charge is -2.23. The highest BCUT2D eigenvalue weighted by molar-refractivity contribution is 5.82. The molecular weight excluding hydrogens is 376 g/mol. The summed E-state index contributed by atoms with van der Waals surface area (Å²) in [6.07, 6.45) is 2.82. The molecule has 2 aromatic carbocycles. The molecular formula is C25H30N2O3. The van der Waals surface area contributed by atoms with E-state index < -0.39 is 0 Å². The van der Waals surface area contributed by atoms with E-state index in [-0.39, 0.29) is 17.7 Å². The third kappa shape index (κ3) is 5.09. The quantitative estimate of drug-likeness (QED) is 0.658. The van der Waals surface area contributed by atoms with Crippen LogP contribution in [0, 0.1) is 5.92 Å². The number of hydrogen-bond acceptors (Lipinski definition) is 3. The molecule has 1 aliphatic heterocycles. The maximum absolute atomic E-state index is 13.1. The minimum atomic E-state index is -0.241. The van der Waals surface area contributed by atoms with E-state index in [1.165, 1.54) is 0 Å². The minimum absolute atomic E-state index is 0.0977. The van der Waals surface area contributed by atoms with Gasteiger partial charge in [0.25, 0.3) is 0 Å². The molecule has 5 nitrogen and oxygen atoms in total. The Morgan fingerprint density at radius 3 is 2.30 bits per heavy atom. The largest absolute Gasteiger partial charge is 0.497 e. The maximum Gasteiger partial charge on any atom is 0.228 e. The van der Waals surface area contributed by atoms with Crippen molar-refractivity contribution in [2.75, 3.05) is 33.3 Å². The fraction of sp³-hybridized carbons (Fsp3) is 0.360. The van der Waals surface area contributed by atoms with E-state index in [2.05, 4.69) is 30.8 Å². The predicted molar refractivity (Wildman–Crippen MR) is 119 cm³/mol. The molecule has 0 saturated carbocycles. The first-order valence-electron chi connectivity index (χ1n) is 10.5. The summed E-state index contributed by atoms with van der Waals surface area (Å²) in [5.74, 6) is 0.788. The first-order valence-corrected chi connectivity index (χ1v) is 10.5. The molecule has 0 aromatic heterocycles. The van der Waals surface area contributed by atoms with E-state index in [0.717, 1.165) is 22.4 Å². The van der Waals surface area contributed by atoms with Crippen LogP contribution in [0.5, 0.6) is 5.75 Å². The highest BCUT2D eigenvalue weighted by atomic mass is 16.5. The van der Waals surface area contributed by atoms with Crippen molar-refractivity contribution in [1.29, 1.82) is 0 Å². The number of methoxy groups -OCH3 is 1. The number of amides is 2. The van der Waals surface area contributed by atoms with Gasteiger partial charge in [-0.05, 0) is 35.2 Å². The fourth-order valence-corrected chi connectivity index (χ4v) is 3.89. The second kappa shape index (κ2) is 10.1. The summed E-state index contributed by atoms with van der Waals surface area (Å²) < 4.78 is 5.22. The van der Waals surface area contributed by atoms with Crippen molar-refractivity contribution >= 4 is 11.8 Å². The molecule has 3 rings (SSSR count). The highest BCUT2D eigenvalue weighted by Crippen LogP contribution is 2.24. The van der Waals surface area contributed by atoms with E-state index in [1.807, 2.05) is 41.0 Å². The van der Waals surface area contributed by atoms with Crippen molar-refractivity contribution in [1.82, 2.24) is 9.80 Å². The van der Waals surface area contributed by atoms with Gasteiger partial charge in [-0.2, -0.15) is 0 Å². The molecule has 5 heteroatoms. The Morgan fingerprint density at radius 1 is 1.10 bits per heavy atom. The zero-order valence-electron chi connectivity index (χ0n) is 17.8. The second-order valence-electron chi connectivity index (χ2n) is 7.59. The van der Waals surface area contributed by atoms with Crippen LogP contribution in [-0.2, 0) is 16.0 Å². The summed E-state index contributed by atoms with van der Waals surface area (Å²) in [6.45, 7) is 7.76. The van der Waals surface area contributed by atoms with Crippen LogP contribution in [0.25, 0.3) is 11.1 Å². The SMILES string of the molecule is C=CCN1CCN(C(=O)CC)C[C@H](Cc2ccc(-c3ccc(OC)cc3)cc2)C1=O. The summed E-state index contributed by atoms with van der Waals surface area (Å²) in [7, 11) is 1.66. The van der Waals surface area contributed by atoms with Crippen molar-refractivity contribution in [2.24, 2.45) is 5.92 Å². The van der Waals surface area contributed by atoms with Crippen LogP contribution in [0.2, 0.25) is 0 Å². The van der Waals surface area contributed by atoms with Gasteiger partial charge in [0.2, 0.25) is 11.8 Å². The lowest BCUT2D eigenvalue weighted by atomic mass is 9.95. The van der Waals surface area contributed by atoms with Crippen LogP contribution in [0.3, 0.4) is 0 Å². The van der Waals surface area contributed by atoms with Crippen LogP contribution in [-0.4, -0.2) is 54.9 Å². The van der Waals surface area contributed by atoms with Gasteiger partial charge in [-0.3, -0.25) is 9.59 Å². The Balaban J connectivity index is 1.76. The smallest absolute Gasteiger partial charge is 0.228 e. The van der Waals surface area contributed by atoms with E-state index >= 15 is 0 Å². The van der Waals surface area contributed by atoms with Crippen LogP contribution in [0.4, 0.5) is 0 Å². The van der Waals surface area contributed by atoms with E-state index in [1.54, 1.807) is 13.2 Å². The van der Waals surface area contributed by atoms with Crippen molar-refractivity contribution in [3.05, 3.63) is 66.7 Å². The molecule has 2 aromatic rings. The van der Waals surface area contributed by atoms with Gasteiger partial charge in [-0.25, -0.2) is 0 Å². The summed E-state index contributed by atoms with van der Waals surface area (Å²) in [5.41, 5.74) is 3.32. The number of ether oxygens (including phenoxy) is 1. The lowest BCUT2D eigenvalue weighted by molar-refractivity contribution is -0.134. The molecule has 1 fully saturated rings. The molecule has 2 amide bonds. The molecule has 1 atom stereocenters. The molecule has 0 spiro atoms. The molecule has 158 valence electrons. The van der Waals surface area contributed by atoms with Crippen LogP contribution in [0.1, 0.15) is 18.9 Å². The first-order chi connectivity index (χ1) is 14.5. The number of carbonyl (C=O) groups is 2. The Hall–Kier alpha value is -3.08. The van der Waals surface area contributed by atoms with Crippen LogP contribution >= 0.6 is 0 Å². The third-order valence-corrected chi connectivity index (χ3v) is 5.61. The van der Waals surface area contributed by atoms with Crippen molar-refractivity contribution in [3.8, 4) is 16.9 Å². The Kier molecular flexibility index (Phi) is 7.28. The van der Waals surface area contributed by atoms with Crippen molar-refractivity contribution in [2.45, 2.75) is 19.8 Å². The molecule has 30 heavy (non-hydrogen) atoms. The number of rotatable bonds is 7. The molecule has 0 aliphatic carbocycles. The molecule has 1 aliphatic rings. The van der Waals surface area contributed by atoms with Crippen LogP contribution < -0.4 is 4.74 Å². The summed E-state index contributed by atoms with van der Waals surface area (Å²) in [6, 6.07) is 16.3. The normalized spacial score (nSPS) is 16.9. The molecule has 1 saturated heterocycles. The Labute approximate surface area is 178 Å². The third-order valence-electron chi connectivity index (χ3n) is 5.61. The first kappa shape index (κ1) is 21.6. The molecule has 0 N–H and O–H groups in total. The summed E-state index contributed by atoms with van der Waals surface area (Å²) in [5, 5.41) is 0. The summed E-state index contributed by atoms with van der Waals surface area (Å²) >= 11 is 0. The van der Waals surface area contributed by atoms with Gasteiger partial charge in [-0.1, -0.05) is 49.4 Å². The number of nitrogens with zero attached hydrogens (tertiary/aromatic N) is 2. The van der Waals surface area contributed by atoms with Gasteiger partial charge in [-0.15, -0.1) is 6.58 Å². The topological polar surface area (TPSA) is 49.9 Å². The zero-order valence-corrected chi connectivity index (χ0v) is 17.8. The fourth-order valence-electron chi connectivity index (χ4n) is 3.89. The van der Waals surface area contributed by atoms with E-state index in [9.17, 15) is 9.59 Å². The zero-order chi connectivity index (χ0) is 21.5. The minimum Gasteiger partial charge on any atom is -0.497 e. The highest BCUT2D eigenvalue weighted by Gasteiger charge is 2.31. The molecule has 1 heterocycles. The number of carbonyl (C=O) groups excluding carboxylic acids is 2. The molecule has 0 unspecified atom stereocenters. The van der Waals surface area contributed by atoms with Gasteiger partial charge >= 0.3 is 0 Å². The Morgan fingerprint density at radius 2 is 1.73 bits per heavy atom. The van der Waals surface area contributed by atoms with Gasteiger partial charge in [0.05, 0.1) is 13.0 Å². The lowest BCUT2D eigenvalue weighted by Crippen LogP contribution is -2.37. The van der Waals surface area contributed by atoms with Gasteiger partial charge in [0, 0.05) is 32.6 Å². The monoisotopic (exact) mass is 406 g/mol. The average molecular weight is 407 g/mol. The average Bonchev–Trinajstić information content (AvgIpc) is 2.93. The van der Waals surface area contributed by atoms with Gasteiger partial charge in [0.1, 0.15) is 5.75 Å². The van der Waals surface area contributed by atoms with Crippen molar-refractivity contribution in [3.63, 3.8) is 0 Å². The van der Waals surface area contributed by atoms with Gasteiger partial charge < -0.3 is 14.5 Å². The van der Waals surface area contributed by atoms with E-state index in [4.69, 9.17) is 4.74 Å². The molecule has 0 bridgehead atoms. The maximum atomic E-state index is 13.1. The second-order valence-corrected chi connectivity index (χ2v) is 7.59.